The summed E-state index contributed by atoms with van der Waals surface area (Å²) in [5.41, 5.74) is 1.14. The molecule has 1 atom stereocenters. The number of guanidine groups is 1. The van der Waals surface area contributed by atoms with Gasteiger partial charge in [0.05, 0.1) is 6.54 Å². The molecule has 0 radical (unpaired) electrons. The second-order valence-corrected chi connectivity index (χ2v) is 7.55. The van der Waals surface area contributed by atoms with Crippen molar-refractivity contribution in [3.05, 3.63) is 23.9 Å². The minimum atomic E-state index is 0. The molecule has 1 aromatic rings. The molecular formula is C21H39IN6. The summed E-state index contributed by atoms with van der Waals surface area (Å²) in [6.45, 7) is 12.4. The minimum absolute atomic E-state index is 0. The van der Waals surface area contributed by atoms with Crippen LogP contribution in [0.2, 0.25) is 0 Å². The van der Waals surface area contributed by atoms with Gasteiger partial charge in [0.2, 0.25) is 0 Å². The van der Waals surface area contributed by atoms with E-state index in [1.165, 1.54) is 25.7 Å². The van der Waals surface area contributed by atoms with E-state index in [9.17, 15) is 0 Å². The predicted molar refractivity (Wildman–Crippen MR) is 131 cm³/mol. The molecule has 0 saturated carbocycles. The van der Waals surface area contributed by atoms with Crippen molar-refractivity contribution in [2.75, 3.05) is 44.7 Å². The number of aliphatic imine (C=N–C) groups is 1. The van der Waals surface area contributed by atoms with Crippen LogP contribution < -0.4 is 15.5 Å². The van der Waals surface area contributed by atoms with E-state index in [1.54, 1.807) is 0 Å². The van der Waals surface area contributed by atoms with Crippen LogP contribution in [0.5, 0.6) is 0 Å². The van der Waals surface area contributed by atoms with Crippen LogP contribution in [0.15, 0.2) is 23.3 Å². The minimum Gasteiger partial charge on any atom is -0.357 e. The molecule has 0 bridgehead atoms. The Labute approximate surface area is 188 Å². The summed E-state index contributed by atoms with van der Waals surface area (Å²) in [6, 6.07) is 4.72. The van der Waals surface area contributed by atoms with Crippen LogP contribution in [-0.4, -0.2) is 61.7 Å². The lowest BCUT2D eigenvalue weighted by molar-refractivity contribution is 0.312. The molecule has 1 aromatic heterocycles. The van der Waals surface area contributed by atoms with Gasteiger partial charge in [0.25, 0.3) is 0 Å². The summed E-state index contributed by atoms with van der Waals surface area (Å²) in [5.74, 6) is 1.97. The van der Waals surface area contributed by atoms with Crippen LogP contribution in [0.25, 0.3) is 0 Å². The van der Waals surface area contributed by atoms with Crippen LogP contribution in [0.4, 0.5) is 5.82 Å². The van der Waals surface area contributed by atoms with Crippen LogP contribution in [-0.2, 0) is 6.54 Å². The maximum absolute atomic E-state index is 4.74. The van der Waals surface area contributed by atoms with Crippen molar-refractivity contribution in [3.8, 4) is 0 Å². The number of aromatic nitrogens is 1. The molecule has 2 rings (SSSR count). The fraction of sp³-hybridized carbons (Fsp3) is 0.714. The molecule has 0 spiro atoms. The third kappa shape index (κ3) is 8.94. The van der Waals surface area contributed by atoms with Crippen molar-refractivity contribution >= 4 is 35.8 Å². The van der Waals surface area contributed by atoms with Crippen LogP contribution in [0.1, 0.15) is 52.0 Å². The number of halogens is 1. The molecule has 2 N–H and O–H groups in total. The zero-order chi connectivity index (χ0) is 19.5. The first-order chi connectivity index (χ1) is 13.1. The number of nitrogens with one attached hydrogen (secondary N) is 2. The molecule has 160 valence electrons. The molecule has 6 nitrogen and oxygen atoms in total. The molecule has 1 unspecified atom stereocenters. The normalized spacial score (nSPS) is 16.4. The topological polar surface area (TPSA) is 55.8 Å². The number of nitrogens with zero attached hydrogens (tertiary/aromatic N) is 4. The van der Waals surface area contributed by atoms with Gasteiger partial charge in [0.1, 0.15) is 5.82 Å². The second kappa shape index (κ2) is 14.0. The summed E-state index contributed by atoms with van der Waals surface area (Å²) in [6.07, 6.45) is 6.97. The van der Waals surface area contributed by atoms with Gasteiger partial charge in [-0.25, -0.2) is 9.98 Å². The third-order valence-electron chi connectivity index (χ3n) is 5.02. The van der Waals surface area contributed by atoms with Crippen molar-refractivity contribution in [1.82, 2.24) is 20.5 Å². The van der Waals surface area contributed by atoms with Crippen molar-refractivity contribution in [2.24, 2.45) is 4.99 Å². The molecule has 0 amide bonds. The highest BCUT2D eigenvalue weighted by Crippen LogP contribution is 2.14. The predicted octanol–water partition coefficient (Wildman–Crippen LogP) is 3.48. The fourth-order valence-corrected chi connectivity index (χ4v) is 3.23. The molecule has 7 heteroatoms. The quantitative estimate of drug-likeness (QED) is 0.235. The zero-order valence-corrected chi connectivity index (χ0v) is 20.4. The molecule has 2 heterocycles. The Bertz CT molecular complexity index is 555. The molecule has 1 saturated heterocycles. The van der Waals surface area contributed by atoms with Crippen LogP contribution >= 0.6 is 24.0 Å². The van der Waals surface area contributed by atoms with Crippen molar-refractivity contribution < 1.29 is 0 Å². The van der Waals surface area contributed by atoms with Crippen molar-refractivity contribution in [3.63, 3.8) is 0 Å². The summed E-state index contributed by atoms with van der Waals surface area (Å²) in [4.78, 5) is 14.1. The van der Waals surface area contributed by atoms with Crippen LogP contribution in [0, 0.1) is 0 Å². The molecular weight excluding hydrogens is 463 g/mol. The Morgan fingerprint density at radius 3 is 2.54 bits per heavy atom. The van der Waals surface area contributed by atoms with Crippen molar-refractivity contribution in [1.29, 1.82) is 0 Å². The van der Waals surface area contributed by atoms with E-state index in [0.29, 0.717) is 12.6 Å². The van der Waals surface area contributed by atoms with E-state index >= 15 is 0 Å². The van der Waals surface area contributed by atoms with E-state index < -0.39 is 0 Å². The Hall–Kier alpha value is -1.09. The number of rotatable bonds is 9. The lowest BCUT2D eigenvalue weighted by atomic mass is 10.1. The van der Waals surface area contributed by atoms with Gasteiger partial charge in [-0.15, -0.1) is 24.0 Å². The monoisotopic (exact) mass is 502 g/mol. The van der Waals surface area contributed by atoms with Gasteiger partial charge >= 0.3 is 0 Å². The van der Waals surface area contributed by atoms with E-state index in [1.807, 2.05) is 6.20 Å². The van der Waals surface area contributed by atoms with E-state index in [2.05, 4.69) is 65.4 Å². The summed E-state index contributed by atoms with van der Waals surface area (Å²) in [7, 11) is 2.17. The Morgan fingerprint density at radius 2 is 1.93 bits per heavy atom. The Morgan fingerprint density at radius 1 is 1.18 bits per heavy atom. The molecule has 0 aromatic carbocycles. The van der Waals surface area contributed by atoms with Crippen molar-refractivity contribution in [2.45, 2.75) is 59.0 Å². The first kappa shape index (κ1) is 24.9. The summed E-state index contributed by atoms with van der Waals surface area (Å²) < 4.78 is 0. The standard InChI is InChI=1S/C21H38N6.HI/c1-5-7-8-9-18(3)25-21(22-6-2)24-17-19-10-11-20(23-16-19)27-14-12-26(4)13-15-27;/h10-11,16,18H,5-9,12-15,17H2,1-4H3,(H2,22,24,25);1H. The lowest BCUT2D eigenvalue weighted by Gasteiger charge is -2.33. The van der Waals surface area contributed by atoms with E-state index in [0.717, 1.165) is 50.1 Å². The van der Waals surface area contributed by atoms with Gasteiger partial charge in [-0.2, -0.15) is 0 Å². The molecule has 1 aliphatic heterocycles. The van der Waals surface area contributed by atoms with Gasteiger partial charge in [-0.05, 0) is 38.9 Å². The highest BCUT2D eigenvalue weighted by Gasteiger charge is 2.14. The third-order valence-corrected chi connectivity index (χ3v) is 5.02. The van der Waals surface area contributed by atoms with Gasteiger partial charge in [0, 0.05) is 45.0 Å². The second-order valence-electron chi connectivity index (χ2n) is 7.55. The number of hydrogen-bond acceptors (Lipinski definition) is 4. The smallest absolute Gasteiger partial charge is 0.191 e. The zero-order valence-electron chi connectivity index (χ0n) is 18.1. The van der Waals surface area contributed by atoms with Gasteiger partial charge in [-0.3, -0.25) is 0 Å². The highest BCUT2D eigenvalue weighted by atomic mass is 127. The Balaban J connectivity index is 0.00000392. The highest BCUT2D eigenvalue weighted by molar-refractivity contribution is 14.0. The van der Waals surface area contributed by atoms with Gasteiger partial charge in [-0.1, -0.05) is 32.3 Å². The number of pyridine rings is 1. The molecule has 28 heavy (non-hydrogen) atoms. The van der Waals surface area contributed by atoms with E-state index in [-0.39, 0.29) is 24.0 Å². The lowest BCUT2D eigenvalue weighted by Crippen LogP contribution is -2.44. The Kier molecular flexibility index (Phi) is 12.5. The summed E-state index contributed by atoms with van der Waals surface area (Å²) in [5, 5.41) is 6.87. The number of unbranched alkanes of at least 4 members (excludes halogenated alkanes) is 2. The largest absolute Gasteiger partial charge is 0.357 e. The van der Waals surface area contributed by atoms with E-state index in [4.69, 9.17) is 4.99 Å². The maximum Gasteiger partial charge on any atom is 0.191 e. The molecule has 0 aliphatic carbocycles. The average molecular weight is 502 g/mol. The van der Waals surface area contributed by atoms with Crippen LogP contribution in [0.3, 0.4) is 0 Å². The SMILES string of the molecule is CCCCCC(C)NC(=NCc1ccc(N2CCN(C)CC2)nc1)NCC.I. The molecule has 1 aliphatic rings. The number of hydrogen-bond donors (Lipinski definition) is 2. The molecule has 1 fully saturated rings. The first-order valence-electron chi connectivity index (χ1n) is 10.6. The fourth-order valence-electron chi connectivity index (χ4n) is 3.23. The van der Waals surface area contributed by atoms with Gasteiger partial charge < -0.3 is 20.4 Å². The first-order valence-corrected chi connectivity index (χ1v) is 10.6. The summed E-state index contributed by atoms with van der Waals surface area (Å²) >= 11 is 0. The number of piperazine rings is 1. The van der Waals surface area contributed by atoms with Gasteiger partial charge in [0.15, 0.2) is 5.96 Å². The average Bonchev–Trinajstić information content (AvgIpc) is 2.67. The number of anilines is 1. The number of likely N-dealkylation sites (N-methyl/N-ethyl adjacent to an activating group) is 1. The maximum atomic E-state index is 4.74.